The average Bonchev–Trinajstić information content (AvgIpc) is 3.02. The van der Waals surface area contributed by atoms with E-state index in [0.717, 1.165) is 29.5 Å². The van der Waals surface area contributed by atoms with Crippen LogP contribution in [0.1, 0.15) is 34.7 Å². The molecule has 116 valence electrons. The van der Waals surface area contributed by atoms with Crippen LogP contribution in [0.3, 0.4) is 0 Å². The summed E-state index contributed by atoms with van der Waals surface area (Å²) in [5.41, 5.74) is 4.23. The minimum Gasteiger partial charge on any atom is -0.445 e. The number of fused-ring (bicyclic) bond motifs is 1. The highest BCUT2D eigenvalue weighted by Gasteiger charge is 2.29. The van der Waals surface area contributed by atoms with Crippen LogP contribution in [0.5, 0.6) is 0 Å². The normalized spacial score (nSPS) is 15.6. The van der Waals surface area contributed by atoms with Crippen molar-refractivity contribution in [2.75, 3.05) is 7.05 Å². The van der Waals surface area contributed by atoms with Gasteiger partial charge in [-0.2, -0.15) is 0 Å². The van der Waals surface area contributed by atoms with Crippen LogP contribution < -0.4 is 0 Å². The zero-order valence-electron chi connectivity index (χ0n) is 13.2. The quantitative estimate of drug-likeness (QED) is 0.804. The maximum Gasteiger partial charge on any atom is 0.410 e. The monoisotopic (exact) mass is 305 g/mol. The van der Waals surface area contributed by atoms with E-state index in [2.05, 4.69) is 12.0 Å². The molecular formula is C20H19NO2. The summed E-state index contributed by atoms with van der Waals surface area (Å²) in [5, 5.41) is 0. The van der Waals surface area contributed by atoms with E-state index in [-0.39, 0.29) is 18.7 Å². The first kappa shape index (κ1) is 15.2. The largest absolute Gasteiger partial charge is 0.445 e. The Morgan fingerprint density at radius 3 is 2.83 bits per heavy atom. The number of carbonyl (C=O) groups is 1. The highest BCUT2D eigenvalue weighted by molar-refractivity contribution is 5.68. The molecule has 0 spiro atoms. The molecule has 3 rings (SSSR count). The maximum absolute atomic E-state index is 12.3. The Kier molecular flexibility index (Phi) is 4.34. The smallest absolute Gasteiger partial charge is 0.410 e. The van der Waals surface area contributed by atoms with E-state index >= 15 is 0 Å². The van der Waals surface area contributed by atoms with Gasteiger partial charge in [0, 0.05) is 12.6 Å². The lowest BCUT2D eigenvalue weighted by Gasteiger charge is -2.25. The number of nitrogens with zero attached hydrogens (tertiary/aromatic N) is 1. The van der Waals surface area contributed by atoms with Crippen molar-refractivity contribution in [3.63, 3.8) is 0 Å². The number of hydrogen-bond acceptors (Lipinski definition) is 2. The number of carbonyl (C=O) groups excluding carboxylic acids is 1. The lowest BCUT2D eigenvalue weighted by atomic mass is 10.0. The molecule has 3 nitrogen and oxygen atoms in total. The summed E-state index contributed by atoms with van der Waals surface area (Å²) in [4.78, 5) is 14.0. The van der Waals surface area contributed by atoms with E-state index in [1.807, 2.05) is 42.5 Å². The van der Waals surface area contributed by atoms with Gasteiger partial charge in [-0.05, 0) is 41.7 Å². The first-order valence-corrected chi connectivity index (χ1v) is 7.72. The van der Waals surface area contributed by atoms with Gasteiger partial charge >= 0.3 is 6.09 Å². The van der Waals surface area contributed by atoms with Crippen LogP contribution in [-0.4, -0.2) is 18.0 Å². The Morgan fingerprint density at radius 1 is 1.30 bits per heavy atom. The highest BCUT2D eigenvalue weighted by Crippen LogP contribution is 2.35. The molecule has 2 aromatic carbocycles. The molecule has 0 aromatic heterocycles. The SMILES string of the molecule is C#Cc1ccc2c(c1)C(N(C)C(=O)OCc1ccccc1)CC2. The molecule has 2 aromatic rings. The Balaban J connectivity index is 1.69. The van der Waals surface area contributed by atoms with E-state index in [1.165, 1.54) is 5.56 Å². The minimum absolute atomic E-state index is 0.0292. The third kappa shape index (κ3) is 3.22. The molecule has 1 atom stereocenters. The standard InChI is InChI=1S/C20H19NO2/c1-3-15-9-10-17-11-12-19(18(17)13-15)21(2)20(22)23-14-16-7-5-4-6-8-16/h1,4-10,13,19H,11-12,14H2,2H3. The Morgan fingerprint density at radius 2 is 2.09 bits per heavy atom. The van der Waals surface area contributed by atoms with Crippen molar-refractivity contribution in [3.8, 4) is 12.3 Å². The van der Waals surface area contributed by atoms with E-state index in [9.17, 15) is 4.79 Å². The molecule has 1 amide bonds. The van der Waals surface area contributed by atoms with Crippen molar-refractivity contribution in [2.24, 2.45) is 0 Å². The van der Waals surface area contributed by atoms with Crippen LogP contribution in [0.2, 0.25) is 0 Å². The molecule has 1 aliphatic carbocycles. The first-order chi connectivity index (χ1) is 11.2. The molecule has 0 aliphatic heterocycles. The summed E-state index contributed by atoms with van der Waals surface area (Å²) in [6.07, 6.45) is 7.04. The van der Waals surface area contributed by atoms with E-state index in [1.54, 1.807) is 11.9 Å². The summed E-state index contributed by atoms with van der Waals surface area (Å²) in [6.45, 7) is 0.286. The Labute approximate surface area is 136 Å². The van der Waals surface area contributed by atoms with Gasteiger partial charge in [0.15, 0.2) is 0 Å². The fourth-order valence-electron chi connectivity index (χ4n) is 3.02. The molecule has 23 heavy (non-hydrogen) atoms. The predicted molar refractivity (Wildman–Crippen MR) is 89.8 cm³/mol. The number of hydrogen-bond donors (Lipinski definition) is 0. The van der Waals surface area contributed by atoms with Crippen molar-refractivity contribution >= 4 is 6.09 Å². The third-order valence-corrected chi connectivity index (χ3v) is 4.32. The summed E-state index contributed by atoms with van der Waals surface area (Å²) in [7, 11) is 1.79. The number of aryl methyl sites for hydroxylation is 1. The molecule has 0 fully saturated rings. The van der Waals surface area contributed by atoms with E-state index < -0.39 is 0 Å². The van der Waals surface area contributed by atoms with Gasteiger partial charge < -0.3 is 9.64 Å². The van der Waals surface area contributed by atoms with Gasteiger partial charge in [-0.15, -0.1) is 6.42 Å². The van der Waals surface area contributed by atoms with Crippen molar-refractivity contribution < 1.29 is 9.53 Å². The minimum atomic E-state index is -0.308. The molecule has 0 N–H and O–H groups in total. The summed E-state index contributed by atoms with van der Waals surface area (Å²) < 4.78 is 5.42. The molecule has 0 saturated heterocycles. The molecule has 0 saturated carbocycles. The van der Waals surface area contributed by atoms with Crippen LogP contribution in [0.4, 0.5) is 4.79 Å². The zero-order chi connectivity index (χ0) is 16.2. The van der Waals surface area contributed by atoms with Gasteiger partial charge in [-0.25, -0.2) is 4.79 Å². The lowest BCUT2D eigenvalue weighted by Crippen LogP contribution is -2.30. The predicted octanol–water partition coefficient (Wildman–Crippen LogP) is 3.92. The van der Waals surface area contributed by atoms with Crippen molar-refractivity contribution in [3.05, 3.63) is 70.8 Å². The second-order valence-corrected chi connectivity index (χ2v) is 5.76. The molecular weight excluding hydrogens is 286 g/mol. The Hall–Kier alpha value is -2.73. The number of benzene rings is 2. The van der Waals surface area contributed by atoms with Gasteiger partial charge in [0.25, 0.3) is 0 Å². The fourth-order valence-corrected chi connectivity index (χ4v) is 3.02. The van der Waals surface area contributed by atoms with Crippen LogP contribution in [0, 0.1) is 12.3 Å². The van der Waals surface area contributed by atoms with E-state index in [0.29, 0.717) is 0 Å². The van der Waals surface area contributed by atoms with Gasteiger partial charge in [-0.1, -0.05) is 42.3 Å². The average molecular weight is 305 g/mol. The molecule has 0 radical (unpaired) electrons. The molecule has 0 heterocycles. The van der Waals surface area contributed by atoms with Crippen LogP contribution in [0.25, 0.3) is 0 Å². The number of amides is 1. The second kappa shape index (κ2) is 6.58. The van der Waals surface area contributed by atoms with Gasteiger partial charge in [0.2, 0.25) is 0 Å². The Bertz CT molecular complexity index is 746. The van der Waals surface area contributed by atoms with E-state index in [4.69, 9.17) is 11.2 Å². The number of ether oxygens (including phenoxy) is 1. The van der Waals surface area contributed by atoms with Gasteiger partial charge in [0.05, 0.1) is 6.04 Å². The number of terminal acetylenes is 1. The summed E-state index contributed by atoms with van der Waals surface area (Å²) in [6, 6.07) is 15.7. The maximum atomic E-state index is 12.3. The van der Waals surface area contributed by atoms with Gasteiger partial charge in [0.1, 0.15) is 6.61 Å². The molecule has 3 heteroatoms. The van der Waals surface area contributed by atoms with Crippen LogP contribution in [0.15, 0.2) is 48.5 Å². The van der Waals surface area contributed by atoms with Crippen LogP contribution >= 0.6 is 0 Å². The fraction of sp³-hybridized carbons (Fsp3) is 0.250. The van der Waals surface area contributed by atoms with Crippen molar-refractivity contribution in [2.45, 2.75) is 25.5 Å². The van der Waals surface area contributed by atoms with Crippen molar-refractivity contribution in [1.29, 1.82) is 0 Å². The number of rotatable bonds is 3. The topological polar surface area (TPSA) is 29.5 Å². The lowest BCUT2D eigenvalue weighted by molar-refractivity contribution is 0.0909. The third-order valence-electron chi connectivity index (χ3n) is 4.32. The summed E-state index contributed by atoms with van der Waals surface area (Å²) in [5.74, 6) is 2.66. The van der Waals surface area contributed by atoms with Crippen LogP contribution in [-0.2, 0) is 17.8 Å². The highest BCUT2D eigenvalue weighted by atomic mass is 16.6. The molecule has 1 aliphatic rings. The van der Waals surface area contributed by atoms with Crippen molar-refractivity contribution in [1.82, 2.24) is 4.90 Å². The summed E-state index contributed by atoms with van der Waals surface area (Å²) >= 11 is 0. The first-order valence-electron chi connectivity index (χ1n) is 7.72. The van der Waals surface area contributed by atoms with Gasteiger partial charge in [-0.3, -0.25) is 0 Å². The zero-order valence-corrected chi connectivity index (χ0v) is 13.2. The second-order valence-electron chi connectivity index (χ2n) is 5.76. The molecule has 1 unspecified atom stereocenters. The molecule has 0 bridgehead atoms.